The van der Waals surface area contributed by atoms with E-state index in [-0.39, 0.29) is 0 Å². The van der Waals surface area contributed by atoms with Crippen molar-refractivity contribution >= 4 is 28.5 Å². The Morgan fingerprint density at radius 3 is 2.84 bits per heavy atom. The van der Waals surface area contributed by atoms with E-state index in [2.05, 4.69) is 52.8 Å². The summed E-state index contributed by atoms with van der Waals surface area (Å²) >= 11 is 1.88. The van der Waals surface area contributed by atoms with Crippen molar-refractivity contribution < 1.29 is 0 Å². The van der Waals surface area contributed by atoms with Gasteiger partial charge in [-0.2, -0.15) is 11.8 Å². The minimum absolute atomic E-state index is 0.925. The van der Waals surface area contributed by atoms with Gasteiger partial charge >= 0.3 is 0 Å². The third kappa shape index (κ3) is 3.61. The number of pyridine rings is 1. The Balaban J connectivity index is 2.25. The van der Waals surface area contributed by atoms with Crippen LogP contribution in [0.4, 0.5) is 5.82 Å². The van der Waals surface area contributed by atoms with Gasteiger partial charge in [0.2, 0.25) is 0 Å². The Bertz CT molecular complexity index is 542. The van der Waals surface area contributed by atoms with Crippen LogP contribution in [-0.4, -0.2) is 42.5 Å². The molecule has 0 fully saturated rings. The van der Waals surface area contributed by atoms with Gasteiger partial charge < -0.3 is 10.2 Å². The van der Waals surface area contributed by atoms with Gasteiger partial charge in [0.15, 0.2) is 0 Å². The predicted molar refractivity (Wildman–Crippen MR) is 86.0 cm³/mol. The molecule has 1 aromatic heterocycles. The molecule has 0 aliphatic carbocycles. The highest BCUT2D eigenvalue weighted by molar-refractivity contribution is 7.98. The van der Waals surface area contributed by atoms with E-state index in [9.17, 15) is 0 Å². The summed E-state index contributed by atoms with van der Waals surface area (Å²) < 4.78 is 0. The first-order valence-corrected chi connectivity index (χ1v) is 7.88. The molecule has 2 aromatic rings. The molecule has 0 saturated heterocycles. The average Bonchev–Trinajstić information content (AvgIpc) is 2.44. The van der Waals surface area contributed by atoms with Crippen molar-refractivity contribution in [3.8, 4) is 0 Å². The summed E-state index contributed by atoms with van der Waals surface area (Å²) in [5, 5.41) is 4.41. The highest BCUT2D eigenvalue weighted by Crippen LogP contribution is 2.21. The molecule has 0 bridgehead atoms. The monoisotopic (exact) mass is 275 g/mol. The van der Waals surface area contributed by atoms with Crippen molar-refractivity contribution in [2.75, 3.05) is 38.0 Å². The van der Waals surface area contributed by atoms with Crippen molar-refractivity contribution in [3.05, 3.63) is 35.9 Å². The van der Waals surface area contributed by atoms with Gasteiger partial charge in [-0.1, -0.05) is 18.2 Å². The van der Waals surface area contributed by atoms with Crippen LogP contribution in [0, 0.1) is 0 Å². The molecule has 0 spiro atoms. The molecule has 102 valence electrons. The SMILES string of the molecule is CNc1nc2ccccc2cc1CN(C)CCSC. The number of benzene rings is 1. The normalized spacial score (nSPS) is 11.2. The lowest BCUT2D eigenvalue weighted by molar-refractivity contribution is 0.349. The second-order valence-electron chi connectivity index (χ2n) is 4.67. The second kappa shape index (κ2) is 6.78. The van der Waals surface area contributed by atoms with Gasteiger partial charge in [-0.05, 0) is 25.4 Å². The van der Waals surface area contributed by atoms with Crippen LogP contribution in [0.2, 0.25) is 0 Å². The Morgan fingerprint density at radius 1 is 1.32 bits per heavy atom. The van der Waals surface area contributed by atoms with Crippen molar-refractivity contribution in [1.29, 1.82) is 0 Å². The third-order valence-corrected chi connectivity index (χ3v) is 3.75. The minimum atomic E-state index is 0.925. The van der Waals surface area contributed by atoms with E-state index in [0.717, 1.165) is 30.2 Å². The zero-order chi connectivity index (χ0) is 13.7. The van der Waals surface area contributed by atoms with Crippen molar-refractivity contribution in [2.24, 2.45) is 0 Å². The zero-order valence-corrected chi connectivity index (χ0v) is 12.6. The molecule has 0 aliphatic rings. The van der Waals surface area contributed by atoms with Crippen LogP contribution in [0.25, 0.3) is 10.9 Å². The first kappa shape index (κ1) is 14.2. The van der Waals surface area contributed by atoms with Crippen LogP contribution < -0.4 is 5.32 Å². The van der Waals surface area contributed by atoms with Gasteiger partial charge in [0.05, 0.1) is 5.52 Å². The summed E-state index contributed by atoms with van der Waals surface area (Å²) in [6, 6.07) is 10.5. The van der Waals surface area contributed by atoms with Crippen LogP contribution in [0.5, 0.6) is 0 Å². The van der Waals surface area contributed by atoms with Crippen molar-refractivity contribution in [1.82, 2.24) is 9.88 Å². The number of rotatable bonds is 6. The number of hydrogen-bond donors (Lipinski definition) is 1. The van der Waals surface area contributed by atoms with Crippen LogP contribution in [-0.2, 0) is 6.54 Å². The topological polar surface area (TPSA) is 28.2 Å². The molecule has 0 unspecified atom stereocenters. The Kier molecular flexibility index (Phi) is 5.05. The molecule has 2 rings (SSSR count). The number of hydrogen-bond acceptors (Lipinski definition) is 4. The fraction of sp³-hybridized carbons (Fsp3) is 0.400. The first-order chi connectivity index (χ1) is 9.24. The molecule has 0 saturated carbocycles. The smallest absolute Gasteiger partial charge is 0.130 e. The summed E-state index contributed by atoms with van der Waals surface area (Å²) in [6.45, 7) is 2.02. The highest BCUT2D eigenvalue weighted by Gasteiger charge is 2.08. The molecule has 0 amide bonds. The average molecular weight is 275 g/mol. The van der Waals surface area contributed by atoms with Gasteiger partial charge in [0.25, 0.3) is 0 Å². The molecule has 0 atom stereocenters. The summed E-state index contributed by atoms with van der Waals surface area (Å²) in [5.74, 6) is 2.14. The van der Waals surface area contributed by atoms with E-state index in [1.165, 1.54) is 10.9 Å². The number of nitrogens with one attached hydrogen (secondary N) is 1. The maximum absolute atomic E-state index is 4.68. The fourth-order valence-corrected chi connectivity index (χ4v) is 2.61. The molecule has 1 N–H and O–H groups in total. The molecule has 1 heterocycles. The number of nitrogens with zero attached hydrogens (tertiary/aromatic N) is 2. The van der Waals surface area contributed by atoms with Gasteiger partial charge in [0, 0.05) is 36.8 Å². The van der Waals surface area contributed by atoms with Crippen molar-refractivity contribution in [3.63, 3.8) is 0 Å². The lowest BCUT2D eigenvalue weighted by Crippen LogP contribution is -2.21. The molecular weight excluding hydrogens is 254 g/mol. The van der Waals surface area contributed by atoms with Gasteiger partial charge in [0.1, 0.15) is 5.82 Å². The van der Waals surface area contributed by atoms with Gasteiger partial charge in [-0.25, -0.2) is 4.98 Å². The van der Waals surface area contributed by atoms with E-state index < -0.39 is 0 Å². The van der Waals surface area contributed by atoms with Crippen LogP contribution in [0.15, 0.2) is 30.3 Å². The molecule has 3 nitrogen and oxygen atoms in total. The number of thioether (sulfide) groups is 1. The van der Waals surface area contributed by atoms with Crippen LogP contribution >= 0.6 is 11.8 Å². The number of para-hydroxylation sites is 1. The Labute approximate surface area is 119 Å². The zero-order valence-electron chi connectivity index (χ0n) is 11.8. The highest BCUT2D eigenvalue weighted by atomic mass is 32.2. The quantitative estimate of drug-likeness (QED) is 0.877. The number of anilines is 1. The van der Waals surface area contributed by atoms with Crippen molar-refractivity contribution in [2.45, 2.75) is 6.54 Å². The summed E-state index contributed by atoms with van der Waals surface area (Å²) in [5.41, 5.74) is 2.30. The predicted octanol–water partition coefficient (Wildman–Crippen LogP) is 3.07. The largest absolute Gasteiger partial charge is 0.373 e. The standard InChI is InChI=1S/C15H21N3S/c1-16-15-13(11-18(2)8-9-19-3)10-12-6-4-5-7-14(12)17-15/h4-7,10H,8-9,11H2,1-3H3,(H,16,17). The second-order valence-corrected chi connectivity index (χ2v) is 5.65. The lowest BCUT2D eigenvalue weighted by Gasteiger charge is -2.18. The lowest BCUT2D eigenvalue weighted by atomic mass is 10.1. The molecule has 1 aromatic carbocycles. The van der Waals surface area contributed by atoms with Gasteiger partial charge in [-0.3, -0.25) is 0 Å². The molecule has 4 heteroatoms. The van der Waals surface area contributed by atoms with E-state index in [4.69, 9.17) is 0 Å². The molecule has 0 radical (unpaired) electrons. The van der Waals surface area contributed by atoms with E-state index in [0.29, 0.717) is 0 Å². The Hall–Kier alpha value is -1.26. The van der Waals surface area contributed by atoms with E-state index in [1.807, 2.05) is 24.9 Å². The Morgan fingerprint density at radius 2 is 2.11 bits per heavy atom. The summed E-state index contributed by atoms with van der Waals surface area (Å²) in [4.78, 5) is 7.02. The van der Waals surface area contributed by atoms with Crippen LogP contribution in [0.3, 0.4) is 0 Å². The summed E-state index contributed by atoms with van der Waals surface area (Å²) in [6.07, 6.45) is 2.14. The summed E-state index contributed by atoms with van der Waals surface area (Å²) in [7, 11) is 4.09. The minimum Gasteiger partial charge on any atom is -0.373 e. The number of fused-ring (bicyclic) bond motifs is 1. The number of aromatic nitrogens is 1. The van der Waals surface area contributed by atoms with Crippen LogP contribution in [0.1, 0.15) is 5.56 Å². The molecular formula is C15H21N3S. The molecule has 19 heavy (non-hydrogen) atoms. The maximum atomic E-state index is 4.68. The van der Waals surface area contributed by atoms with Gasteiger partial charge in [-0.15, -0.1) is 0 Å². The fourth-order valence-electron chi connectivity index (χ4n) is 2.11. The molecule has 0 aliphatic heterocycles. The van der Waals surface area contributed by atoms with E-state index >= 15 is 0 Å². The third-order valence-electron chi connectivity index (χ3n) is 3.16. The first-order valence-electron chi connectivity index (χ1n) is 6.48. The maximum Gasteiger partial charge on any atom is 0.130 e. The van der Waals surface area contributed by atoms with E-state index in [1.54, 1.807) is 0 Å².